The smallest absolute Gasteiger partial charge is 0.352 e. The SMILES string of the molecule is CC(C)OP(=O)(OC(C)C)c1ccc[nH]c1=S. The lowest BCUT2D eigenvalue weighted by Gasteiger charge is -2.22. The Kier molecular flexibility index (Phi) is 5.07. The van der Waals surface area contributed by atoms with Crippen LogP contribution in [-0.2, 0) is 13.6 Å². The fourth-order valence-electron chi connectivity index (χ4n) is 1.32. The van der Waals surface area contributed by atoms with Gasteiger partial charge in [0.1, 0.15) is 4.64 Å². The fraction of sp³-hybridized carbons (Fsp3) is 0.545. The van der Waals surface area contributed by atoms with Gasteiger partial charge >= 0.3 is 7.60 Å². The van der Waals surface area contributed by atoms with Crippen molar-refractivity contribution in [2.24, 2.45) is 0 Å². The molecule has 0 amide bonds. The summed E-state index contributed by atoms with van der Waals surface area (Å²) in [5.74, 6) is 0. The molecule has 1 aromatic rings. The summed E-state index contributed by atoms with van der Waals surface area (Å²) in [7, 11) is -3.36. The van der Waals surface area contributed by atoms with E-state index in [1.54, 1.807) is 18.3 Å². The Hall–Kier alpha value is -0.480. The topological polar surface area (TPSA) is 51.3 Å². The minimum absolute atomic E-state index is 0.200. The van der Waals surface area contributed by atoms with Crippen LogP contribution in [0.2, 0.25) is 0 Å². The van der Waals surface area contributed by atoms with Gasteiger partial charge in [0.15, 0.2) is 0 Å². The lowest BCUT2D eigenvalue weighted by Crippen LogP contribution is -2.18. The Balaban J connectivity index is 3.19. The van der Waals surface area contributed by atoms with Crippen molar-refractivity contribution in [2.45, 2.75) is 39.9 Å². The van der Waals surface area contributed by atoms with Crippen molar-refractivity contribution < 1.29 is 13.6 Å². The van der Waals surface area contributed by atoms with Crippen molar-refractivity contribution in [3.05, 3.63) is 23.0 Å². The molecule has 0 aromatic carbocycles. The van der Waals surface area contributed by atoms with Crippen LogP contribution in [0, 0.1) is 4.64 Å². The molecule has 0 aliphatic heterocycles. The maximum atomic E-state index is 12.7. The molecule has 0 aliphatic carbocycles. The first-order valence-electron chi connectivity index (χ1n) is 5.50. The number of hydrogen-bond acceptors (Lipinski definition) is 4. The quantitative estimate of drug-likeness (QED) is 0.661. The van der Waals surface area contributed by atoms with Crippen molar-refractivity contribution in [3.8, 4) is 0 Å². The molecule has 0 spiro atoms. The average Bonchev–Trinajstić information content (AvgIpc) is 2.15. The molecule has 0 atom stereocenters. The average molecular weight is 275 g/mol. The zero-order valence-corrected chi connectivity index (χ0v) is 12.2. The third kappa shape index (κ3) is 4.03. The monoisotopic (exact) mass is 275 g/mol. The summed E-state index contributed by atoms with van der Waals surface area (Å²) in [5.41, 5.74) is 0. The summed E-state index contributed by atoms with van der Waals surface area (Å²) in [6, 6.07) is 3.40. The molecular weight excluding hydrogens is 257 g/mol. The van der Waals surface area contributed by atoms with Gasteiger partial charge in [0.2, 0.25) is 0 Å². The van der Waals surface area contributed by atoms with Crippen molar-refractivity contribution in [3.63, 3.8) is 0 Å². The lowest BCUT2D eigenvalue weighted by atomic mass is 10.5. The summed E-state index contributed by atoms with van der Waals surface area (Å²) in [5, 5.41) is 0.414. The fourth-order valence-corrected chi connectivity index (χ4v) is 3.76. The van der Waals surface area contributed by atoms with E-state index in [-0.39, 0.29) is 12.2 Å². The van der Waals surface area contributed by atoms with Gasteiger partial charge in [-0.05, 0) is 39.8 Å². The normalized spacial score (nSPS) is 12.4. The molecular formula is C11H18NO3PS. The summed E-state index contributed by atoms with van der Waals surface area (Å²) in [4.78, 5) is 2.83. The second-order valence-electron chi connectivity index (χ2n) is 4.19. The largest absolute Gasteiger partial charge is 0.364 e. The van der Waals surface area contributed by atoms with Crippen molar-refractivity contribution in [2.75, 3.05) is 0 Å². The molecule has 1 rings (SSSR count). The molecule has 1 aromatic heterocycles. The molecule has 96 valence electrons. The number of aromatic nitrogens is 1. The van der Waals surface area contributed by atoms with E-state index in [0.29, 0.717) is 9.95 Å². The predicted molar refractivity (Wildman–Crippen MR) is 71.3 cm³/mol. The Labute approximate surface area is 107 Å². The second kappa shape index (κ2) is 5.91. The van der Waals surface area contributed by atoms with Crippen LogP contribution in [0.1, 0.15) is 27.7 Å². The van der Waals surface area contributed by atoms with E-state index in [4.69, 9.17) is 21.3 Å². The van der Waals surface area contributed by atoms with Gasteiger partial charge < -0.3 is 14.0 Å². The standard InChI is InChI=1S/C11H18NO3PS/c1-8(2)14-16(13,15-9(3)4)10-6-5-7-12-11(10)17/h5-9H,1-4H3,(H,12,17). The Morgan fingerprint density at radius 1 is 1.24 bits per heavy atom. The van der Waals surface area contributed by atoms with Crippen LogP contribution >= 0.6 is 19.8 Å². The third-order valence-electron chi connectivity index (χ3n) is 1.79. The lowest BCUT2D eigenvalue weighted by molar-refractivity contribution is 0.150. The highest BCUT2D eigenvalue weighted by Gasteiger charge is 2.31. The maximum absolute atomic E-state index is 12.7. The van der Waals surface area contributed by atoms with Crippen LogP contribution in [0.25, 0.3) is 0 Å². The Bertz CT molecular complexity index is 456. The van der Waals surface area contributed by atoms with Crippen LogP contribution in [0.5, 0.6) is 0 Å². The highest BCUT2D eigenvalue weighted by Crippen LogP contribution is 2.49. The number of nitrogens with one attached hydrogen (secondary N) is 1. The zero-order chi connectivity index (χ0) is 13.1. The van der Waals surface area contributed by atoms with Crippen LogP contribution in [0.4, 0.5) is 0 Å². The molecule has 0 unspecified atom stereocenters. The Morgan fingerprint density at radius 3 is 2.18 bits per heavy atom. The molecule has 0 radical (unpaired) electrons. The number of H-pyrrole nitrogens is 1. The van der Waals surface area contributed by atoms with Gasteiger partial charge in [0.25, 0.3) is 0 Å². The molecule has 0 aliphatic rings. The van der Waals surface area contributed by atoms with Crippen molar-refractivity contribution in [1.82, 2.24) is 4.98 Å². The first-order valence-corrected chi connectivity index (χ1v) is 7.45. The van der Waals surface area contributed by atoms with E-state index in [2.05, 4.69) is 4.98 Å². The predicted octanol–water partition coefficient (Wildman–Crippen LogP) is 3.41. The number of hydrogen-bond donors (Lipinski definition) is 1. The number of pyridine rings is 1. The van der Waals surface area contributed by atoms with Crippen LogP contribution in [0.3, 0.4) is 0 Å². The van der Waals surface area contributed by atoms with Crippen LogP contribution in [0.15, 0.2) is 18.3 Å². The van der Waals surface area contributed by atoms with Gasteiger partial charge in [-0.15, -0.1) is 0 Å². The minimum atomic E-state index is -3.36. The summed E-state index contributed by atoms with van der Waals surface area (Å²) >= 11 is 5.12. The maximum Gasteiger partial charge on any atom is 0.364 e. The first-order chi connectivity index (χ1) is 7.85. The van der Waals surface area contributed by atoms with E-state index < -0.39 is 7.60 Å². The van der Waals surface area contributed by atoms with Crippen molar-refractivity contribution in [1.29, 1.82) is 0 Å². The van der Waals surface area contributed by atoms with Gasteiger partial charge in [0.05, 0.1) is 17.5 Å². The summed E-state index contributed by atoms with van der Waals surface area (Å²) in [6.45, 7) is 7.25. The molecule has 0 saturated carbocycles. The van der Waals surface area contributed by atoms with Gasteiger partial charge in [-0.1, -0.05) is 12.2 Å². The number of rotatable bonds is 5. The molecule has 0 fully saturated rings. The van der Waals surface area contributed by atoms with E-state index in [1.165, 1.54) is 0 Å². The van der Waals surface area contributed by atoms with Crippen LogP contribution < -0.4 is 5.30 Å². The summed E-state index contributed by atoms with van der Waals surface area (Å²) < 4.78 is 24.0. The van der Waals surface area contributed by atoms with Crippen molar-refractivity contribution >= 4 is 25.1 Å². The molecule has 0 bridgehead atoms. The van der Waals surface area contributed by atoms with Gasteiger partial charge in [-0.3, -0.25) is 4.57 Å². The molecule has 1 N–H and O–H groups in total. The van der Waals surface area contributed by atoms with Gasteiger partial charge in [-0.25, -0.2) is 0 Å². The molecule has 1 heterocycles. The first kappa shape index (κ1) is 14.6. The highest BCUT2D eigenvalue weighted by atomic mass is 32.1. The Morgan fingerprint density at radius 2 is 1.76 bits per heavy atom. The van der Waals surface area contributed by atoms with Crippen LogP contribution in [-0.4, -0.2) is 17.2 Å². The van der Waals surface area contributed by atoms with E-state index in [1.807, 2.05) is 27.7 Å². The van der Waals surface area contributed by atoms with E-state index >= 15 is 0 Å². The second-order valence-corrected chi connectivity index (χ2v) is 6.50. The van der Waals surface area contributed by atoms with E-state index in [0.717, 1.165) is 0 Å². The minimum Gasteiger partial charge on any atom is -0.352 e. The molecule has 0 saturated heterocycles. The third-order valence-corrected chi connectivity index (χ3v) is 4.64. The molecule has 4 nitrogen and oxygen atoms in total. The zero-order valence-electron chi connectivity index (χ0n) is 10.5. The van der Waals surface area contributed by atoms with Gasteiger partial charge in [-0.2, -0.15) is 0 Å². The molecule has 17 heavy (non-hydrogen) atoms. The van der Waals surface area contributed by atoms with E-state index in [9.17, 15) is 4.57 Å². The molecule has 6 heteroatoms. The highest BCUT2D eigenvalue weighted by molar-refractivity contribution is 7.72. The van der Waals surface area contributed by atoms with Gasteiger partial charge in [0, 0.05) is 6.20 Å². The summed E-state index contributed by atoms with van der Waals surface area (Å²) in [6.07, 6.45) is 1.28. The number of aromatic amines is 1.